The van der Waals surface area contributed by atoms with Crippen LogP contribution in [0.25, 0.3) is 0 Å². The summed E-state index contributed by atoms with van der Waals surface area (Å²) in [4.78, 5) is 11.2. The Kier molecular flexibility index (Phi) is 4.37. The van der Waals surface area contributed by atoms with Crippen LogP contribution >= 0.6 is 11.6 Å². The highest BCUT2D eigenvalue weighted by atomic mass is 35.5. The van der Waals surface area contributed by atoms with Crippen LogP contribution in [0.5, 0.6) is 0 Å². The largest absolute Gasteiger partial charge is 0.364 e. The van der Waals surface area contributed by atoms with Gasteiger partial charge in [0.1, 0.15) is 0 Å². The van der Waals surface area contributed by atoms with Crippen LogP contribution < -0.4 is 0 Å². The molecule has 3 nitrogen and oxygen atoms in total. The maximum atomic E-state index is 12.8. The lowest BCUT2D eigenvalue weighted by atomic mass is 10.1. The molecule has 8 heteroatoms. The van der Waals surface area contributed by atoms with Crippen LogP contribution in [0, 0.1) is 6.92 Å². The van der Waals surface area contributed by atoms with Crippen molar-refractivity contribution in [3.8, 4) is 0 Å². The number of rotatable bonds is 5. The molecular weight excluding hydrogens is 276 g/mol. The van der Waals surface area contributed by atoms with E-state index in [1.807, 2.05) is 0 Å². The summed E-state index contributed by atoms with van der Waals surface area (Å²) < 4.78 is 51.0. The average Bonchev–Trinajstić information content (AvgIpc) is 2.56. The molecule has 0 aliphatic rings. The van der Waals surface area contributed by atoms with E-state index in [2.05, 4.69) is 5.10 Å². The number of aromatic nitrogens is 2. The lowest BCUT2D eigenvalue weighted by molar-refractivity contribution is -0.166. The Morgan fingerprint density at radius 1 is 1.50 bits per heavy atom. The minimum atomic E-state index is -4.67. The Morgan fingerprint density at radius 2 is 2.06 bits per heavy atom. The minimum absolute atomic E-state index is 0.0296. The molecule has 18 heavy (non-hydrogen) atoms. The lowest BCUT2D eigenvalue weighted by Gasteiger charge is -2.14. The second-order valence-electron chi connectivity index (χ2n) is 3.69. The van der Waals surface area contributed by atoms with Gasteiger partial charge in [0.2, 0.25) is 5.78 Å². The zero-order valence-electron chi connectivity index (χ0n) is 9.68. The van der Waals surface area contributed by atoms with Gasteiger partial charge in [0.05, 0.1) is 22.8 Å². The highest BCUT2D eigenvalue weighted by Crippen LogP contribution is 2.28. The quantitative estimate of drug-likeness (QED) is 0.780. The van der Waals surface area contributed by atoms with Gasteiger partial charge in [-0.05, 0) is 13.8 Å². The molecule has 1 rings (SSSR count). The van der Waals surface area contributed by atoms with Crippen molar-refractivity contribution in [1.29, 1.82) is 0 Å². The fourth-order valence-electron chi connectivity index (χ4n) is 1.43. The molecule has 0 aliphatic carbocycles. The van der Waals surface area contributed by atoms with Crippen molar-refractivity contribution in [2.45, 2.75) is 39.2 Å². The van der Waals surface area contributed by atoms with Gasteiger partial charge in [0.15, 0.2) is 0 Å². The van der Waals surface area contributed by atoms with E-state index < -0.39 is 24.6 Å². The molecule has 0 saturated heterocycles. The maximum absolute atomic E-state index is 12.8. The van der Waals surface area contributed by atoms with E-state index in [1.54, 1.807) is 6.92 Å². The Morgan fingerprint density at radius 3 is 2.50 bits per heavy atom. The third-order valence-corrected chi connectivity index (χ3v) is 2.92. The highest BCUT2D eigenvalue weighted by Gasteiger charge is 2.48. The molecule has 0 spiro atoms. The smallest absolute Gasteiger partial charge is 0.292 e. The molecule has 0 bridgehead atoms. The predicted molar refractivity (Wildman–Crippen MR) is 57.3 cm³/mol. The molecule has 0 saturated carbocycles. The third kappa shape index (κ3) is 2.66. The molecule has 1 heterocycles. The van der Waals surface area contributed by atoms with E-state index in [4.69, 9.17) is 11.6 Å². The van der Waals surface area contributed by atoms with E-state index in [1.165, 1.54) is 11.6 Å². The number of Topliss-reactive ketones (excluding diaryl/α,β-unsaturated/α-hetero) is 1. The van der Waals surface area contributed by atoms with Gasteiger partial charge >= 0.3 is 12.3 Å². The van der Waals surface area contributed by atoms with Crippen molar-refractivity contribution in [3.63, 3.8) is 0 Å². The number of halogens is 5. The van der Waals surface area contributed by atoms with Crippen molar-refractivity contribution >= 4 is 17.4 Å². The van der Waals surface area contributed by atoms with E-state index in [9.17, 15) is 22.4 Å². The van der Waals surface area contributed by atoms with Crippen molar-refractivity contribution in [3.05, 3.63) is 16.4 Å². The number of carbonyl (C=O) groups excluding carboxylic acids is 1. The fourth-order valence-corrected chi connectivity index (χ4v) is 1.63. The molecule has 0 amide bonds. The van der Waals surface area contributed by atoms with Gasteiger partial charge < -0.3 is 0 Å². The Balaban J connectivity index is 3.02. The van der Waals surface area contributed by atoms with Crippen molar-refractivity contribution in [2.75, 3.05) is 0 Å². The molecule has 102 valence electrons. The van der Waals surface area contributed by atoms with Crippen LogP contribution in [0.3, 0.4) is 0 Å². The summed E-state index contributed by atoms with van der Waals surface area (Å²) in [5.41, 5.74) is 0.392. The van der Waals surface area contributed by atoms with Crippen LogP contribution in [0.15, 0.2) is 0 Å². The minimum Gasteiger partial charge on any atom is -0.292 e. The second kappa shape index (κ2) is 5.26. The number of hydrogen-bond acceptors (Lipinski definition) is 2. The molecule has 0 atom stereocenters. The standard InChI is InChI=1S/C10H11ClF4N2O/c1-3-17-6(8(11)5(2)16-17)4-7(18)10(14,15)9(12)13/h9H,3-4H2,1-2H3. The number of alkyl halides is 4. The number of nitrogens with zero attached hydrogens (tertiary/aromatic N) is 2. The summed E-state index contributed by atoms with van der Waals surface area (Å²) in [6.45, 7) is 3.51. The summed E-state index contributed by atoms with van der Waals surface area (Å²) in [7, 11) is 0. The Labute approximate surface area is 106 Å². The zero-order chi connectivity index (χ0) is 14.1. The lowest BCUT2D eigenvalue weighted by Crippen LogP contribution is -2.38. The molecule has 0 fully saturated rings. The van der Waals surface area contributed by atoms with Crippen molar-refractivity contribution in [2.24, 2.45) is 0 Å². The fraction of sp³-hybridized carbons (Fsp3) is 0.600. The topological polar surface area (TPSA) is 34.9 Å². The van der Waals surface area contributed by atoms with E-state index in [0.29, 0.717) is 12.2 Å². The molecule has 0 radical (unpaired) electrons. The van der Waals surface area contributed by atoms with Gasteiger partial charge in [-0.1, -0.05) is 11.6 Å². The van der Waals surface area contributed by atoms with E-state index in [0.717, 1.165) is 0 Å². The molecule has 0 aliphatic heterocycles. The van der Waals surface area contributed by atoms with Gasteiger partial charge in [0, 0.05) is 6.54 Å². The number of hydrogen-bond donors (Lipinski definition) is 0. The third-order valence-electron chi connectivity index (χ3n) is 2.43. The van der Waals surface area contributed by atoms with Crippen LogP contribution in [0.2, 0.25) is 5.02 Å². The summed E-state index contributed by atoms with van der Waals surface area (Å²) in [6.07, 6.45) is -4.90. The first kappa shape index (κ1) is 14.9. The van der Waals surface area contributed by atoms with Gasteiger partial charge in [-0.2, -0.15) is 13.9 Å². The summed E-state index contributed by atoms with van der Waals surface area (Å²) in [6, 6.07) is 0. The SMILES string of the molecule is CCn1nc(C)c(Cl)c1CC(=O)C(F)(F)C(F)F. The first-order valence-corrected chi connectivity index (χ1v) is 5.50. The molecular formula is C10H11ClF4N2O. The monoisotopic (exact) mass is 286 g/mol. The van der Waals surface area contributed by atoms with Gasteiger partial charge in [-0.25, -0.2) is 8.78 Å². The van der Waals surface area contributed by atoms with Crippen LogP contribution in [-0.2, 0) is 17.8 Å². The van der Waals surface area contributed by atoms with Gasteiger partial charge in [-0.3, -0.25) is 9.48 Å². The molecule has 0 unspecified atom stereocenters. The average molecular weight is 287 g/mol. The van der Waals surface area contributed by atoms with Gasteiger partial charge in [-0.15, -0.1) is 0 Å². The summed E-state index contributed by atoms with van der Waals surface area (Å²) in [5.74, 6) is -6.53. The normalized spacial score (nSPS) is 12.2. The Bertz CT molecular complexity index is 459. The predicted octanol–water partition coefficient (Wildman–Crippen LogP) is 2.88. The first-order chi connectivity index (χ1) is 8.21. The first-order valence-electron chi connectivity index (χ1n) is 5.12. The summed E-state index contributed by atoms with van der Waals surface area (Å²) in [5, 5.41) is 3.96. The Hall–Kier alpha value is -1.11. The van der Waals surface area contributed by atoms with Crippen LogP contribution in [0.1, 0.15) is 18.3 Å². The molecule has 0 aromatic carbocycles. The molecule has 0 N–H and O–H groups in total. The van der Waals surface area contributed by atoms with Crippen molar-refractivity contribution < 1.29 is 22.4 Å². The number of aryl methyl sites for hydroxylation is 2. The maximum Gasteiger partial charge on any atom is 0.364 e. The zero-order valence-corrected chi connectivity index (χ0v) is 10.4. The van der Waals surface area contributed by atoms with E-state index >= 15 is 0 Å². The highest BCUT2D eigenvalue weighted by molar-refractivity contribution is 6.32. The van der Waals surface area contributed by atoms with Crippen LogP contribution in [0.4, 0.5) is 17.6 Å². The number of ketones is 1. The molecule has 1 aromatic rings. The van der Waals surface area contributed by atoms with Crippen molar-refractivity contribution in [1.82, 2.24) is 9.78 Å². The second-order valence-corrected chi connectivity index (χ2v) is 4.06. The van der Waals surface area contributed by atoms with Crippen LogP contribution in [-0.4, -0.2) is 27.9 Å². The van der Waals surface area contributed by atoms with Gasteiger partial charge in [0.25, 0.3) is 0 Å². The molecule has 1 aromatic heterocycles. The summed E-state index contributed by atoms with van der Waals surface area (Å²) >= 11 is 5.80. The van der Waals surface area contributed by atoms with E-state index in [-0.39, 0.29) is 10.7 Å². The number of carbonyl (C=O) groups is 1.